The first-order valence-electron chi connectivity index (χ1n) is 10.8. The Kier molecular flexibility index (Phi) is 6.14. The maximum atomic E-state index is 13.0. The van der Waals surface area contributed by atoms with Gasteiger partial charge in [-0.05, 0) is 76.0 Å². The van der Waals surface area contributed by atoms with Crippen molar-refractivity contribution in [3.63, 3.8) is 0 Å². The minimum absolute atomic E-state index is 0.0456. The second-order valence-corrected chi connectivity index (χ2v) is 9.51. The number of aromatic hydroxyl groups is 1. The van der Waals surface area contributed by atoms with E-state index in [-0.39, 0.29) is 28.3 Å². The van der Waals surface area contributed by atoms with Gasteiger partial charge in [0.1, 0.15) is 5.75 Å². The van der Waals surface area contributed by atoms with E-state index in [9.17, 15) is 14.7 Å². The van der Waals surface area contributed by atoms with Crippen molar-refractivity contribution in [2.24, 2.45) is 0 Å². The van der Waals surface area contributed by atoms with E-state index < -0.39 is 0 Å². The highest BCUT2D eigenvalue weighted by Gasteiger charge is 2.35. The van der Waals surface area contributed by atoms with Crippen LogP contribution < -0.4 is 0 Å². The Bertz CT molecular complexity index is 1460. The second-order valence-electron chi connectivity index (χ2n) is 8.11. The summed E-state index contributed by atoms with van der Waals surface area (Å²) in [5.41, 5.74) is 3.27. The highest BCUT2D eigenvalue weighted by Crippen LogP contribution is 2.35. The molecule has 0 radical (unpaired) electrons. The van der Waals surface area contributed by atoms with Crippen LogP contribution in [0.25, 0.3) is 16.8 Å². The summed E-state index contributed by atoms with van der Waals surface area (Å²) in [5.74, 6) is -0.316. The smallest absolute Gasteiger partial charge is 0.293 e. The van der Waals surface area contributed by atoms with Crippen LogP contribution in [0, 0.1) is 0 Å². The maximum absolute atomic E-state index is 13.0. The number of carbonyl (C=O) groups is 2. The van der Waals surface area contributed by atoms with E-state index in [2.05, 4.69) is 0 Å². The first kappa shape index (κ1) is 22.3. The quantitative estimate of drug-likeness (QED) is 0.308. The molecule has 0 saturated carbocycles. The summed E-state index contributed by atoms with van der Waals surface area (Å²) in [6, 6.07) is 26.7. The highest BCUT2D eigenvalue weighted by atomic mass is 35.5. The fourth-order valence-electron chi connectivity index (χ4n) is 3.99. The molecule has 0 unspecified atom stereocenters. The third-order valence-electron chi connectivity index (χ3n) is 5.76. The monoisotopic (exact) mass is 485 g/mol. The number of amides is 2. The number of halogens is 1. The predicted molar refractivity (Wildman–Crippen MR) is 138 cm³/mol. The molecule has 6 heteroatoms. The summed E-state index contributed by atoms with van der Waals surface area (Å²) in [4.78, 5) is 27.2. The number of benzene rings is 4. The zero-order chi connectivity index (χ0) is 23.7. The van der Waals surface area contributed by atoms with Crippen molar-refractivity contribution in [1.82, 2.24) is 4.90 Å². The predicted octanol–water partition coefficient (Wildman–Crippen LogP) is 7.03. The number of hydrogen-bond donors (Lipinski definition) is 1. The van der Waals surface area contributed by atoms with E-state index in [1.54, 1.807) is 12.1 Å². The third kappa shape index (κ3) is 4.58. The SMILES string of the molecule is O=C1S/C(=C\c2cc(Cc3ccccc3Cl)ccc2O)C(=O)N1Cc1ccc2ccccc2c1. The van der Waals surface area contributed by atoms with Crippen molar-refractivity contribution in [2.45, 2.75) is 13.0 Å². The molecule has 1 fully saturated rings. The third-order valence-corrected chi connectivity index (χ3v) is 7.04. The lowest BCUT2D eigenvalue weighted by Crippen LogP contribution is -2.27. The summed E-state index contributed by atoms with van der Waals surface area (Å²) in [6.07, 6.45) is 2.17. The molecule has 34 heavy (non-hydrogen) atoms. The lowest BCUT2D eigenvalue weighted by Gasteiger charge is -2.13. The van der Waals surface area contributed by atoms with Gasteiger partial charge in [-0.1, -0.05) is 72.3 Å². The Labute approximate surface area is 206 Å². The van der Waals surface area contributed by atoms with Crippen molar-refractivity contribution in [3.8, 4) is 5.75 Å². The standard InChI is InChI=1S/C28H20ClNO3S/c29-24-8-4-3-7-22(24)13-18-10-12-25(31)23(14-18)16-26-27(32)30(28(33)34-26)17-19-9-11-20-5-1-2-6-21(20)15-19/h1-12,14-16,31H,13,17H2/b26-16-. The molecular weight excluding hydrogens is 466 g/mol. The molecule has 0 bridgehead atoms. The molecule has 5 rings (SSSR count). The Balaban J connectivity index is 1.38. The van der Waals surface area contributed by atoms with Crippen LogP contribution in [0.4, 0.5) is 4.79 Å². The van der Waals surface area contributed by atoms with E-state index >= 15 is 0 Å². The summed E-state index contributed by atoms with van der Waals surface area (Å²) in [7, 11) is 0. The maximum Gasteiger partial charge on any atom is 0.293 e. The summed E-state index contributed by atoms with van der Waals surface area (Å²) in [5, 5.41) is 12.9. The number of imide groups is 1. The average Bonchev–Trinajstić information content (AvgIpc) is 3.10. The Morgan fingerprint density at radius 2 is 1.59 bits per heavy atom. The highest BCUT2D eigenvalue weighted by molar-refractivity contribution is 8.18. The van der Waals surface area contributed by atoms with Gasteiger partial charge in [0.15, 0.2) is 0 Å². The minimum Gasteiger partial charge on any atom is -0.507 e. The van der Waals surface area contributed by atoms with Gasteiger partial charge in [0, 0.05) is 10.6 Å². The number of phenols is 1. The molecule has 0 aromatic heterocycles. The van der Waals surface area contributed by atoms with E-state index in [4.69, 9.17) is 11.6 Å². The first-order valence-corrected chi connectivity index (χ1v) is 12.0. The molecule has 1 aliphatic heterocycles. The van der Waals surface area contributed by atoms with Crippen molar-refractivity contribution >= 4 is 51.4 Å². The van der Waals surface area contributed by atoms with Gasteiger partial charge < -0.3 is 5.11 Å². The lowest BCUT2D eigenvalue weighted by atomic mass is 10.0. The van der Waals surface area contributed by atoms with Crippen LogP contribution in [0.5, 0.6) is 5.75 Å². The molecular formula is C28H20ClNO3S. The van der Waals surface area contributed by atoms with Crippen molar-refractivity contribution in [2.75, 3.05) is 0 Å². The largest absolute Gasteiger partial charge is 0.507 e. The van der Waals surface area contributed by atoms with E-state index in [0.29, 0.717) is 17.0 Å². The number of phenolic OH excluding ortho intramolecular Hbond substituents is 1. The van der Waals surface area contributed by atoms with Gasteiger partial charge in [0.25, 0.3) is 11.1 Å². The number of carbonyl (C=O) groups excluding carboxylic acids is 2. The summed E-state index contributed by atoms with van der Waals surface area (Å²) in [6.45, 7) is 0.200. The Morgan fingerprint density at radius 1 is 0.853 bits per heavy atom. The molecule has 1 N–H and O–H groups in total. The van der Waals surface area contributed by atoms with Gasteiger partial charge in [-0.2, -0.15) is 0 Å². The van der Waals surface area contributed by atoms with Crippen LogP contribution in [0.2, 0.25) is 5.02 Å². The van der Waals surface area contributed by atoms with Gasteiger partial charge in [0.05, 0.1) is 11.4 Å². The normalized spacial score (nSPS) is 15.0. The summed E-state index contributed by atoms with van der Waals surface area (Å²) < 4.78 is 0. The van der Waals surface area contributed by atoms with Gasteiger partial charge in [-0.15, -0.1) is 0 Å². The van der Waals surface area contributed by atoms with Gasteiger partial charge in [-0.25, -0.2) is 0 Å². The van der Waals surface area contributed by atoms with Crippen molar-refractivity contribution in [1.29, 1.82) is 0 Å². The first-order chi connectivity index (χ1) is 16.5. The van der Waals surface area contributed by atoms with Crippen LogP contribution in [-0.2, 0) is 17.8 Å². The fourth-order valence-corrected chi connectivity index (χ4v) is 5.02. The number of hydrogen-bond acceptors (Lipinski definition) is 4. The van der Waals surface area contributed by atoms with E-state index in [1.165, 1.54) is 4.90 Å². The molecule has 168 valence electrons. The van der Waals surface area contributed by atoms with Gasteiger partial charge in [-0.3, -0.25) is 14.5 Å². The van der Waals surface area contributed by atoms with Gasteiger partial charge >= 0.3 is 0 Å². The Hall–Kier alpha value is -3.54. The molecule has 0 aliphatic carbocycles. The average molecular weight is 486 g/mol. The fraction of sp³-hybridized carbons (Fsp3) is 0.0714. The molecule has 4 aromatic carbocycles. The summed E-state index contributed by atoms with van der Waals surface area (Å²) >= 11 is 7.17. The number of rotatable bonds is 5. The van der Waals surface area contributed by atoms with Crippen molar-refractivity contribution < 1.29 is 14.7 Å². The molecule has 4 aromatic rings. The second kappa shape index (κ2) is 9.37. The number of nitrogens with zero attached hydrogens (tertiary/aromatic N) is 1. The zero-order valence-electron chi connectivity index (χ0n) is 18.1. The van der Waals surface area contributed by atoms with Crippen LogP contribution in [0.3, 0.4) is 0 Å². The van der Waals surface area contributed by atoms with E-state index in [0.717, 1.165) is 39.2 Å². The van der Waals surface area contributed by atoms with Crippen LogP contribution in [0.1, 0.15) is 22.3 Å². The molecule has 2 amide bonds. The van der Waals surface area contributed by atoms with Crippen LogP contribution in [-0.4, -0.2) is 21.2 Å². The minimum atomic E-state index is -0.362. The van der Waals surface area contributed by atoms with Crippen molar-refractivity contribution in [3.05, 3.63) is 117 Å². The van der Waals surface area contributed by atoms with Gasteiger partial charge in [0.2, 0.25) is 0 Å². The number of thioether (sulfide) groups is 1. The molecule has 0 spiro atoms. The Morgan fingerprint density at radius 3 is 2.41 bits per heavy atom. The topological polar surface area (TPSA) is 57.6 Å². The molecule has 1 aliphatic rings. The zero-order valence-corrected chi connectivity index (χ0v) is 19.6. The van der Waals surface area contributed by atoms with E-state index in [1.807, 2.05) is 78.9 Å². The lowest BCUT2D eigenvalue weighted by molar-refractivity contribution is -0.123. The van der Waals surface area contributed by atoms with Crippen LogP contribution in [0.15, 0.2) is 89.8 Å². The molecule has 4 nitrogen and oxygen atoms in total. The number of fused-ring (bicyclic) bond motifs is 1. The molecule has 0 atom stereocenters. The molecule has 1 heterocycles. The molecule has 1 saturated heterocycles. The van der Waals surface area contributed by atoms with Crippen LogP contribution >= 0.6 is 23.4 Å².